The number of nitrogens with zero attached hydrogens (tertiary/aromatic N) is 3. The summed E-state index contributed by atoms with van der Waals surface area (Å²) in [6.07, 6.45) is 0. The fraction of sp³-hybridized carbons (Fsp3) is 0.0714. The van der Waals surface area contributed by atoms with Crippen LogP contribution in [0, 0.1) is 0 Å². The van der Waals surface area contributed by atoms with Crippen LogP contribution < -0.4 is 9.47 Å². The van der Waals surface area contributed by atoms with Gasteiger partial charge < -0.3 is 18.5 Å². The van der Waals surface area contributed by atoms with Crippen molar-refractivity contribution in [2.75, 3.05) is 14.2 Å². The molecule has 0 bridgehead atoms. The van der Waals surface area contributed by atoms with Crippen molar-refractivity contribution in [3.05, 3.63) is 91.0 Å². The lowest BCUT2D eigenvalue weighted by Crippen LogP contribution is -1.94. The molecule has 0 radical (unpaired) electrons. The van der Waals surface area contributed by atoms with Gasteiger partial charge in [0.1, 0.15) is 11.5 Å². The summed E-state index contributed by atoms with van der Waals surface area (Å²) in [5.41, 5.74) is 4.96. The van der Waals surface area contributed by atoms with Gasteiger partial charge in [-0.15, -0.1) is 10.2 Å². The Kier molecular flexibility index (Phi) is 4.77. The van der Waals surface area contributed by atoms with Crippen LogP contribution in [0.5, 0.6) is 11.5 Å². The Morgan fingerprint density at radius 1 is 0.618 bits per heavy atom. The normalized spacial score (nSPS) is 11.2. The third-order valence-electron chi connectivity index (χ3n) is 6.00. The van der Waals surface area contributed by atoms with Crippen molar-refractivity contribution >= 4 is 21.8 Å². The molecule has 0 fully saturated rings. The molecular formula is C28H21N3O3. The summed E-state index contributed by atoms with van der Waals surface area (Å²) in [5, 5.41) is 10.6. The zero-order chi connectivity index (χ0) is 23.1. The summed E-state index contributed by atoms with van der Waals surface area (Å²) in [4.78, 5) is 0. The van der Waals surface area contributed by atoms with Crippen LogP contribution in [-0.2, 0) is 0 Å². The molecule has 2 aromatic heterocycles. The predicted octanol–water partition coefficient (Wildman–Crippen LogP) is 6.52. The van der Waals surface area contributed by atoms with Crippen molar-refractivity contribution in [1.82, 2.24) is 14.8 Å². The van der Waals surface area contributed by atoms with E-state index in [4.69, 9.17) is 13.9 Å². The quantitative estimate of drug-likeness (QED) is 0.301. The molecular weight excluding hydrogens is 426 g/mol. The fourth-order valence-electron chi connectivity index (χ4n) is 4.30. The van der Waals surface area contributed by atoms with E-state index < -0.39 is 0 Å². The number of benzene rings is 4. The molecule has 0 spiro atoms. The van der Waals surface area contributed by atoms with Crippen molar-refractivity contribution in [1.29, 1.82) is 0 Å². The summed E-state index contributed by atoms with van der Waals surface area (Å²) in [7, 11) is 3.36. The average molecular weight is 447 g/mol. The maximum atomic E-state index is 5.92. The lowest BCUT2D eigenvalue weighted by molar-refractivity contribution is 0.415. The van der Waals surface area contributed by atoms with E-state index in [2.05, 4.69) is 51.2 Å². The second-order valence-corrected chi connectivity index (χ2v) is 7.93. The number of ether oxygens (including phenoxy) is 2. The number of fused-ring (bicyclic) bond motifs is 3. The van der Waals surface area contributed by atoms with Gasteiger partial charge in [0.2, 0.25) is 11.8 Å². The molecule has 34 heavy (non-hydrogen) atoms. The SMILES string of the molecule is COc1ccc2c(c1)c1cc(OC)ccc1n2-c1ccc(-c2nnc(-c3ccccc3)o2)cc1. The van der Waals surface area contributed by atoms with Crippen molar-refractivity contribution in [3.63, 3.8) is 0 Å². The van der Waals surface area contributed by atoms with E-state index in [0.29, 0.717) is 11.8 Å². The van der Waals surface area contributed by atoms with Gasteiger partial charge in [0.15, 0.2) is 0 Å². The fourth-order valence-corrected chi connectivity index (χ4v) is 4.30. The second-order valence-electron chi connectivity index (χ2n) is 7.93. The van der Waals surface area contributed by atoms with Gasteiger partial charge in [0.25, 0.3) is 0 Å². The lowest BCUT2D eigenvalue weighted by Gasteiger charge is -2.09. The number of hydrogen-bond donors (Lipinski definition) is 0. The van der Waals surface area contributed by atoms with Gasteiger partial charge in [0, 0.05) is 27.6 Å². The monoisotopic (exact) mass is 447 g/mol. The molecule has 0 aliphatic rings. The third-order valence-corrected chi connectivity index (χ3v) is 6.00. The number of hydrogen-bond acceptors (Lipinski definition) is 5. The molecule has 0 atom stereocenters. The van der Waals surface area contributed by atoms with E-state index in [0.717, 1.165) is 50.1 Å². The summed E-state index contributed by atoms with van der Waals surface area (Å²) in [6, 6.07) is 30.1. The molecule has 166 valence electrons. The van der Waals surface area contributed by atoms with E-state index in [1.54, 1.807) is 14.2 Å². The minimum Gasteiger partial charge on any atom is -0.497 e. The molecule has 4 aromatic carbocycles. The van der Waals surface area contributed by atoms with Crippen LogP contribution in [0.3, 0.4) is 0 Å². The standard InChI is InChI=1S/C28H21N3O3/c1-32-21-12-14-25-23(16-21)24-17-22(33-2)13-15-26(24)31(25)20-10-8-19(9-11-20)28-30-29-27(34-28)18-6-4-3-5-7-18/h3-17H,1-2H3. The van der Waals surface area contributed by atoms with Crippen LogP contribution in [0.1, 0.15) is 0 Å². The average Bonchev–Trinajstić information content (AvgIpc) is 3.52. The molecule has 6 heteroatoms. The molecule has 6 nitrogen and oxygen atoms in total. The third kappa shape index (κ3) is 3.28. The molecule has 2 heterocycles. The Morgan fingerprint density at radius 2 is 1.15 bits per heavy atom. The Hall–Kier alpha value is -4.58. The van der Waals surface area contributed by atoms with Gasteiger partial charge in [-0.25, -0.2) is 0 Å². The molecule has 6 aromatic rings. The van der Waals surface area contributed by atoms with Crippen LogP contribution in [0.15, 0.2) is 95.4 Å². The van der Waals surface area contributed by atoms with E-state index in [1.807, 2.05) is 54.6 Å². The maximum Gasteiger partial charge on any atom is 0.248 e. The highest BCUT2D eigenvalue weighted by Gasteiger charge is 2.15. The molecule has 0 unspecified atom stereocenters. The molecule has 0 aliphatic carbocycles. The first-order valence-corrected chi connectivity index (χ1v) is 10.9. The summed E-state index contributed by atoms with van der Waals surface area (Å²) < 4.78 is 19.1. The van der Waals surface area contributed by atoms with Crippen molar-refractivity contribution < 1.29 is 13.9 Å². The van der Waals surface area contributed by atoms with Crippen LogP contribution in [0.4, 0.5) is 0 Å². The molecule has 0 saturated carbocycles. The van der Waals surface area contributed by atoms with Gasteiger partial charge in [-0.05, 0) is 72.8 Å². The highest BCUT2D eigenvalue weighted by atomic mass is 16.5. The number of rotatable bonds is 5. The molecule has 0 N–H and O–H groups in total. The Bertz CT molecular complexity index is 1560. The van der Waals surface area contributed by atoms with Crippen molar-refractivity contribution in [2.24, 2.45) is 0 Å². The first-order chi connectivity index (χ1) is 16.7. The Balaban J connectivity index is 1.44. The number of methoxy groups -OCH3 is 2. The summed E-state index contributed by atoms with van der Waals surface area (Å²) in [6.45, 7) is 0. The van der Waals surface area contributed by atoms with Gasteiger partial charge in [-0.2, -0.15) is 0 Å². The highest BCUT2D eigenvalue weighted by molar-refractivity contribution is 6.10. The first kappa shape index (κ1) is 20.1. The topological polar surface area (TPSA) is 62.3 Å². The molecule has 0 amide bonds. The van der Waals surface area contributed by atoms with Gasteiger partial charge in [-0.3, -0.25) is 0 Å². The smallest absolute Gasteiger partial charge is 0.248 e. The zero-order valence-corrected chi connectivity index (χ0v) is 18.7. The first-order valence-electron chi connectivity index (χ1n) is 10.9. The van der Waals surface area contributed by atoms with Crippen molar-refractivity contribution in [2.45, 2.75) is 0 Å². The maximum absolute atomic E-state index is 5.92. The van der Waals surface area contributed by atoms with Crippen LogP contribution >= 0.6 is 0 Å². The van der Waals surface area contributed by atoms with E-state index in [-0.39, 0.29) is 0 Å². The Labute approximate surface area is 196 Å². The van der Waals surface area contributed by atoms with Gasteiger partial charge in [0.05, 0.1) is 25.3 Å². The van der Waals surface area contributed by atoms with Crippen LogP contribution in [0.2, 0.25) is 0 Å². The van der Waals surface area contributed by atoms with Crippen molar-refractivity contribution in [3.8, 4) is 40.1 Å². The predicted molar refractivity (Wildman–Crippen MR) is 133 cm³/mol. The minimum atomic E-state index is 0.488. The van der Waals surface area contributed by atoms with Crippen LogP contribution in [-0.4, -0.2) is 29.0 Å². The molecule has 0 aliphatic heterocycles. The highest BCUT2D eigenvalue weighted by Crippen LogP contribution is 2.36. The van der Waals surface area contributed by atoms with Gasteiger partial charge in [-0.1, -0.05) is 18.2 Å². The summed E-state index contributed by atoms with van der Waals surface area (Å²) >= 11 is 0. The van der Waals surface area contributed by atoms with E-state index in [9.17, 15) is 0 Å². The molecule has 6 rings (SSSR count). The lowest BCUT2D eigenvalue weighted by atomic mass is 10.1. The second kappa shape index (κ2) is 8.08. The van der Waals surface area contributed by atoms with E-state index in [1.165, 1.54) is 0 Å². The van der Waals surface area contributed by atoms with Gasteiger partial charge >= 0.3 is 0 Å². The Morgan fingerprint density at radius 3 is 1.68 bits per heavy atom. The minimum absolute atomic E-state index is 0.488. The molecule has 0 saturated heterocycles. The van der Waals surface area contributed by atoms with Crippen LogP contribution in [0.25, 0.3) is 50.4 Å². The summed E-state index contributed by atoms with van der Waals surface area (Å²) in [5.74, 6) is 2.62. The number of aromatic nitrogens is 3. The largest absolute Gasteiger partial charge is 0.497 e. The van der Waals surface area contributed by atoms with E-state index >= 15 is 0 Å². The zero-order valence-electron chi connectivity index (χ0n) is 18.7.